The topological polar surface area (TPSA) is 60.8 Å². The highest BCUT2D eigenvalue weighted by atomic mass is 16.4. The Balaban J connectivity index is 2.36. The number of benzene rings is 2. The predicted molar refractivity (Wildman–Crippen MR) is 82.7 cm³/mol. The lowest BCUT2D eigenvalue weighted by molar-refractivity contribution is 0.0697. The summed E-state index contributed by atoms with van der Waals surface area (Å²) in [5, 5.41) is 18.7. The van der Waals surface area contributed by atoms with Gasteiger partial charge in [-0.15, -0.1) is 0 Å². The van der Waals surface area contributed by atoms with Gasteiger partial charge in [0.25, 0.3) is 0 Å². The normalized spacial score (nSPS) is 10.4. The standard InChI is InChI=1S/C17H19NO3/c1-13-7-8-16(15(11-13)17(20)21)18(9-10-19)12-14-5-3-2-4-6-14/h2-8,11,19H,9-10,12H2,1H3,(H,20,21). The van der Waals surface area contributed by atoms with E-state index in [4.69, 9.17) is 0 Å². The molecule has 0 aliphatic carbocycles. The summed E-state index contributed by atoms with van der Waals surface area (Å²) in [6, 6.07) is 15.1. The molecule has 0 amide bonds. The highest BCUT2D eigenvalue weighted by Gasteiger charge is 2.16. The number of aromatic carboxylic acids is 1. The first-order chi connectivity index (χ1) is 10.1. The fourth-order valence-electron chi connectivity index (χ4n) is 2.31. The summed E-state index contributed by atoms with van der Waals surface area (Å²) in [6.07, 6.45) is 0. The fraction of sp³-hybridized carbons (Fsp3) is 0.235. The lowest BCUT2D eigenvalue weighted by atomic mass is 10.1. The Hall–Kier alpha value is -2.33. The van der Waals surface area contributed by atoms with Crippen molar-refractivity contribution in [3.63, 3.8) is 0 Å². The zero-order chi connectivity index (χ0) is 15.2. The van der Waals surface area contributed by atoms with Gasteiger partial charge in [-0.1, -0.05) is 42.0 Å². The Kier molecular flexibility index (Phi) is 4.95. The van der Waals surface area contributed by atoms with Crippen LogP contribution in [0.5, 0.6) is 0 Å². The van der Waals surface area contributed by atoms with Gasteiger partial charge in [-0.05, 0) is 24.6 Å². The van der Waals surface area contributed by atoms with Gasteiger partial charge in [0.2, 0.25) is 0 Å². The van der Waals surface area contributed by atoms with E-state index < -0.39 is 5.97 Å². The van der Waals surface area contributed by atoms with E-state index in [0.717, 1.165) is 11.1 Å². The van der Waals surface area contributed by atoms with Crippen LogP contribution in [-0.4, -0.2) is 29.3 Å². The third kappa shape index (κ3) is 3.83. The molecule has 0 unspecified atom stereocenters. The maximum atomic E-state index is 11.4. The van der Waals surface area contributed by atoms with E-state index in [1.165, 1.54) is 0 Å². The minimum atomic E-state index is -0.954. The van der Waals surface area contributed by atoms with Gasteiger partial charge in [-0.2, -0.15) is 0 Å². The van der Waals surface area contributed by atoms with Crippen molar-refractivity contribution in [3.05, 3.63) is 65.2 Å². The van der Waals surface area contributed by atoms with Gasteiger partial charge in [0, 0.05) is 13.1 Å². The van der Waals surface area contributed by atoms with Crippen molar-refractivity contribution in [2.75, 3.05) is 18.1 Å². The van der Waals surface area contributed by atoms with Gasteiger partial charge in [0.05, 0.1) is 17.9 Å². The maximum absolute atomic E-state index is 11.4. The van der Waals surface area contributed by atoms with Crippen molar-refractivity contribution in [2.45, 2.75) is 13.5 Å². The van der Waals surface area contributed by atoms with Crippen molar-refractivity contribution in [1.82, 2.24) is 0 Å². The summed E-state index contributed by atoms with van der Waals surface area (Å²) in [5.74, 6) is -0.954. The molecule has 2 N–H and O–H groups in total. The molecule has 0 fully saturated rings. The molecule has 0 aromatic heterocycles. The van der Waals surface area contributed by atoms with E-state index in [-0.39, 0.29) is 12.2 Å². The second-order valence-electron chi connectivity index (χ2n) is 4.96. The summed E-state index contributed by atoms with van der Waals surface area (Å²) in [5.41, 5.74) is 2.87. The number of aryl methyl sites for hydroxylation is 1. The molecule has 0 radical (unpaired) electrons. The Bertz CT molecular complexity index is 611. The molecule has 4 heteroatoms. The van der Waals surface area contributed by atoms with Crippen LogP contribution < -0.4 is 4.90 Å². The van der Waals surface area contributed by atoms with E-state index in [1.54, 1.807) is 12.1 Å². The van der Waals surface area contributed by atoms with Crippen molar-refractivity contribution >= 4 is 11.7 Å². The molecule has 2 aromatic rings. The molecule has 0 aliphatic rings. The number of carbonyl (C=O) groups is 1. The maximum Gasteiger partial charge on any atom is 0.337 e. The van der Waals surface area contributed by atoms with Crippen LogP contribution in [0.4, 0.5) is 5.69 Å². The van der Waals surface area contributed by atoms with Crippen LogP contribution in [0.25, 0.3) is 0 Å². The fourth-order valence-corrected chi connectivity index (χ4v) is 2.31. The van der Waals surface area contributed by atoms with Gasteiger partial charge in [-0.25, -0.2) is 4.79 Å². The molecule has 21 heavy (non-hydrogen) atoms. The summed E-state index contributed by atoms with van der Waals surface area (Å²) in [6.45, 7) is 2.78. The number of anilines is 1. The van der Waals surface area contributed by atoms with Crippen molar-refractivity contribution in [2.24, 2.45) is 0 Å². The molecule has 0 atom stereocenters. The molecule has 0 saturated heterocycles. The minimum absolute atomic E-state index is 0.0280. The number of nitrogens with zero attached hydrogens (tertiary/aromatic N) is 1. The third-order valence-corrected chi connectivity index (χ3v) is 3.31. The van der Waals surface area contributed by atoms with Crippen molar-refractivity contribution < 1.29 is 15.0 Å². The molecular weight excluding hydrogens is 266 g/mol. The van der Waals surface area contributed by atoms with Crippen molar-refractivity contribution in [1.29, 1.82) is 0 Å². The van der Waals surface area contributed by atoms with Crippen LogP contribution in [0, 0.1) is 6.92 Å². The molecular formula is C17H19NO3. The van der Waals surface area contributed by atoms with Gasteiger partial charge < -0.3 is 15.1 Å². The second-order valence-corrected chi connectivity index (χ2v) is 4.96. The highest BCUT2D eigenvalue weighted by Crippen LogP contribution is 2.24. The SMILES string of the molecule is Cc1ccc(N(CCO)Cc2ccccc2)c(C(=O)O)c1. The molecule has 110 valence electrons. The Morgan fingerprint density at radius 2 is 1.86 bits per heavy atom. The van der Waals surface area contributed by atoms with Crippen LogP contribution in [-0.2, 0) is 6.54 Å². The summed E-state index contributed by atoms with van der Waals surface area (Å²) in [4.78, 5) is 13.3. The molecule has 2 rings (SSSR count). The van der Waals surface area contributed by atoms with Gasteiger partial charge in [0.1, 0.15) is 0 Å². The number of carboxylic acids is 1. The second kappa shape index (κ2) is 6.90. The average Bonchev–Trinajstić information content (AvgIpc) is 2.48. The predicted octanol–water partition coefficient (Wildman–Crippen LogP) is 2.69. The monoisotopic (exact) mass is 285 g/mol. The first-order valence-corrected chi connectivity index (χ1v) is 6.85. The van der Waals surface area contributed by atoms with Crippen LogP contribution in [0.15, 0.2) is 48.5 Å². The van der Waals surface area contributed by atoms with Gasteiger partial charge in [0.15, 0.2) is 0 Å². The summed E-state index contributed by atoms with van der Waals surface area (Å²) in [7, 11) is 0. The quantitative estimate of drug-likeness (QED) is 0.856. The number of rotatable bonds is 6. The number of hydrogen-bond donors (Lipinski definition) is 2. The van der Waals surface area contributed by atoms with Crippen LogP contribution >= 0.6 is 0 Å². The van der Waals surface area contributed by atoms with E-state index >= 15 is 0 Å². The van der Waals surface area contributed by atoms with E-state index in [9.17, 15) is 15.0 Å². The average molecular weight is 285 g/mol. The largest absolute Gasteiger partial charge is 0.478 e. The number of aliphatic hydroxyl groups is 1. The van der Waals surface area contributed by atoms with E-state index in [0.29, 0.717) is 18.8 Å². The van der Waals surface area contributed by atoms with Crippen molar-refractivity contribution in [3.8, 4) is 0 Å². The molecule has 0 aliphatic heterocycles. The molecule has 2 aromatic carbocycles. The van der Waals surface area contributed by atoms with Crippen LogP contribution in [0.1, 0.15) is 21.5 Å². The highest BCUT2D eigenvalue weighted by molar-refractivity contribution is 5.94. The Morgan fingerprint density at radius 1 is 1.14 bits per heavy atom. The van der Waals surface area contributed by atoms with Crippen LogP contribution in [0.3, 0.4) is 0 Å². The molecule has 0 saturated carbocycles. The molecule has 0 bridgehead atoms. The lowest BCUT2D eigenvalue weighted by Gasteiger charge is -2.26. The Morgan fingerprint density at radius 3 is 2.48 bits per heavy atom. The van der Waals surface area contributed by atoms with Gasteiger partial charge in [-0.3, -0.25) is 0 Å². The van der Waals surface area contributed by atoms with E-state index in [2.05, 4.69) is 0 Å². The van der Waals surface area contributed by atoms with Crippen LogP contribution in [0.2, 0.25) is 0 Å². The lowest BCUT2D eigenvalue weighted by Crippen LogP contribution is -2.27. The number of hydrogen-bond acceptors (Lipinski definition) is 3. The van der Waals surface area contributed by atoms with E-state index in [1.807, 2.05) is 48.2 Å². The third-order valence-electron chi connectivity index (χ3n) is 3.31. The smallest absolute Gasteiger partial charge is 0.337 e. The van der Waals surface area contributed by atoms with Gasteiger partial charge >= 0.3 is 5.97 Å². The molecule has 0 spiro atoms. The molecule has 0 heterocycles. The minimum Gasteiger partial charge on any atom is -0.478 e. The zero-order valence-corrected chi connectivity index (χ0v) is 12.0. The number of aliphatic hydroxyl groups excluding tert-OH is 1. The molecule has 4 nitrogen and oxygen atoms in total. The summed E-state index contributed by atoms with van der Waals surface area (Å²) >= 11 is 0. The zero-order valence-electron chi connectivity index (χ0n) is 12.0. The Labute approximate surface area is 124 Å². The number of carboxylic acid groups (broad SMARTS) is 1. The first kappa shape index (κ1) is 15.1. The summed E-state index contributed by atoms with van der Waals surface area (Å²) < 4.78 is 0. The first-order valence-electron chi connectivity index (χ1n) is 6.85.